The Kier molecular flexibility index (Phi) is 4.04. The highest BCUT2D eigenvalue weighted by atomic mass is 35.5. The topological polar surface area (TPSA) is 40.5 Å². The van der Waals surface area contributed by atoms with Crippen LogP contribution in [0.5, 0.6) is 5.75 Å². The summed E-state index contributed by atoms with van der Waals surface area (Å²) in [5.74, 6) is -0.285. The molecular weight excluding hydrogens is 238 g/mol. The molecule has 0 bridgehead atoms. The molecule has 4 heteroatoms. The Morgan fingerprint density at radius 2 is 2.06 bits per heavy atom. The summed E-state index contributed by atoms with van der Waals surface area (Å²) in [4.78, 5) is 13.8. The van der Waals surface area contributed by atoms with Crippen LogP contribution in [-0.2, 0) is 0 Å². The molecule has 0 heterocycles. The number of hydrogen-bond donors (Lipinski definition) is 1. The van der Waals surface area contributed by atoms with Crippen molar-refractivity contribution in [2.75, 3.05) is 7.05 Å². The number of carbonyl (C=O) groups is 1. The number of phenolic OH excluding ortho intramolecular Hbond substituents is 1. The Hall–Kier alpha value is -1.22. The molecule has 1 aromatic rings. The van der Waals surface area contributed by atoms with E-state index in [1.54, 1.807) is 24.1 Å². The molecule has 0 aliphatic rings. The number of halogens is 1. The van der Waals surface area contributed by atoms with Crippen molar-refractivity contribution in [3.63, 3.8) is 0 Å². The molecule has 0 fully saturated rings. The minimum Gasteiger partial charge on any atom is -0.507 e. The third kappa shape index (κ3) is 2.91. The second-order valence-electron chi connectivity index (χ2n) is 4.69. The smallest absolute Gasteiger partial charge is 0.257 e. The van der Waals surface area contributed by atoms with Gasteiger partial charge < -0.3 is 10.0 Å². The Labute approximate surface area is 107 Å². The largest absolute Gasteiger partial charge is 0.507 e. The van der Waals surface area contributed by atoms with E-state index in [1.165, 1.54) is 6.07 Å². The number of benzene rings is 1. The van der Waals surface area contributed by atoms with Gasteiger partial charge in [0, 0.05) is 17.6 Å². The summed E-state index contributed by atoms with van der Waals surface area (Å²) in [5.41, 5.74) is 0.0295. The van der Waals surface area contributed by atoms with Gasteiger partial charge in [0.2, 0.25) is 0 Å². The van der Waals surface area contributed by atoms with Crippen LogP contribution in [0.25, 0.3) is 0 Å². The van der Waals surface area contributed by atoms with Crippen LogP contribution in [0, 0.1) is 0 Å². The summed E-state index contributed by atoms with van der Waals surface area (Å²) in [6.45, 7) is 5.99. The molecule has 0 saturated carbocycles. The number of carbonyl (C=O) groups excluding carboxylic acids is 1. The van der Waals surface area contributed by atoms with Crippen LogP contribution in [0.3, 0.4) is 0 Å². The first kappa shape index (κ1) is 13.8. The zero-order valence-electron chi connectivity index (χ0n) is 10.6. The van der Waals surface area contributed by atoms with Gasteiger partial charge in [-0.05, 0) is 38.5 Å². The van der Waals surface area contributed by atoms with E-state index in [0.717, 1.165) is 6.42 Å². The van der Waals surface area contributed by atoms with Gasteiger partial charge in [0.15, 0.2) is 0 Å². The van der Waals surface area contributed by atoms with Crippen molar-refractivity contribution in [1.82, 2.24) is 4.90 Å². The van der Waals surface area contributed by atoms with Gasteiger partial charge in [-0.2, -0.15) is 0 Å². The van der Waals surface area contributed by atoms with Crippen molar-refractivity contribution in [3.8, 4) is 5.75 Å². The lowest BCUT2D eigenvalue weighted by molar-refractivity contribution is 0.0617. The molecule has 94 valence electrons. The lowest BCUT2D eigenvalue weighted by Crippen LogP contribution is -2.44. The van der Waals surface area contributed by atoms with Crippen LogP contribution in [0.2, 0.25) is 5.02 Å². The first-order chi connectivity index (χ1) is 7.79. The predicted molar refractivity (Wildman–Crippen MR) is 69.6 cm³/mol. The maximum Gasteiger partial charge on any atom is 0.257 e. The van der Waals surface area contributed by atoms with Gasteiger partial charge in [0.1, 0.15) is 5.75 Å². The number of phenols is 1. The van der Waals surface area contributed by atoms with Crippen LogP contribution in [-0.4, -0.2) is 28.5 Å². The van der Waals surface area contributed by atoms with Crippen LogP contribution in [0.15, 0.2) is 18.2 Å². The quantitative estimate of drug-likeness (QED) is 0.900. The minimum atomic E-state index is -0.247. The number of nitrogens with zero attached hydrogens (tertiary/aromatic N) is 1. The number of hydrogen-bond acceptors (Lipinski definition) is 2. The third-order valence-electron chi connectivity index (χ3n) is 3.27. The lowest BCUT2D eigenvalue weighted by Gasteiger charge is -2.35. The molecule has 0 aliphatic heterocycles. The lowest BCUT2D eigenvalue weighted by atomic mass is 9.98. The summed E-state index contributed by atoms with van der Waals surface area (Å²) in [5, 5.41) is 10.1. The van der Waals surface area contributed by atoms with Crippen molar-refractivity contribution in [1.29, 1.82) is 0 Å². The molecule has 1 aromatic carbocycles. The number of aromatic hydroxyl groups is 1. The second-order valence-corrected chi connectivity index (χ2v) is 5.13. The van der Waals surface area contributed by atoms with E-state index in [9.17, 15) is 9.90 Å². The first-order valence-electron chi connectivity index (χ1n) is 5.56. The maximum absolute atomic E-state index is 12.2. The summed E-state index contributed by atoms with van der Waals surface area (Å²) in [7, 11) is 1.74. The zero-order valence-corrected chi connectivity index (χ0v) is 11.4. The maximum atomic E-state index is 12.2. The van der Waals surface area contributed by atoms with Crippen molar-refractivity contribution < 1.29 is 9.90 Å². The molecule has 0 aliphatic carbocycles. The van der Waals surface area contributed by atoms with Gasteiger partial charge in [-0.15, -0.1) is 0 Å². The number of rotatable bonds is 3. The SMILES string of the molecule is CCC(C)(C)N(C)C(=O)c1ccc(Cl)cc1O. The molecule has 0 radical (unpaired) electrons. The van der Waals surface area contributed by atoms with Gasteiger partial charge in [0.05, 0.1) is 5.56 Å². The molecule has 0 atom stereocenters. The molecular formula is C13H18ClNO2. The molecule has 0 saturated heterocycles. The monoisotopic (exact) mass is 255 g/mol. The minimum absolute atomic E-state index is 0.0822. The Morgan fingerprint density at radius 3 is 2.53 bits per heavy atom. The average Bonchev–Trinajstić information content (AvgIpc) is 2.27. The van der Waals surface area contributed by atoms with Crippen LogP contribution in [0.1, 0.15) is 37.6 Å². The fourth-order valence-electron chi connectivity index (χ4n) is 1.38. The first-order valence-corrected chi connectivity index (χ1v) is 5.94. The van der Waals surface area contributed by atoms with E-state index in [1.807, 2.05) is 20.8 Å². The second kappa shape index (κ2) is 4.96. The van der Waals surface area contributed by atoms with E-state index in [0.29, 0.717) is 5.02 Å². The van der Waals surface area contributed by atoms with Crippen molar-refractivity contribution >= 4 is 17.5 Å². The van der Waals surface area contributed by atoms with E-state index in [2.05, 4.69) is 0 Å². The van der Waals surface area contributed by atoms with Crippen LogP contribution < -0.4 is 0 Å². The molecule has 1 N–H and O–H groups in total. The van der Waals surface area contributed by atoms with E-state index in [4.69, 9.17) is 11.6 Å². The number of amides is 1. The molecule has 17 heavy (non-hydrogen) atoms. The van der Waals surface area contributed by atoms with Crippen molar-refractivity contribution in [2.45, 2.75) is 32.7 Å². The van der Waals surface area contributed by atoms with Gasteiger partial charge in [-0.25, -0.2) is 0 Å². The normalized spacial score (nSPS) is 11.4. The van der Waals surface area contributed by atoms with Gasteiger partial charge in [-0.3, -0.25) is 4.79 Å². The summed E-state index contributed by atoms with van der Waals surface area (Å²) in [6, 6.07) is 4.52. The zero-order chi connectivity index (χ0) is 13.2. The highest BCUT2D eigenvalue weighted by Crippen LogP contribution is 2.26. The van der Waals surface area contributed by atoms with Crippen molar-refractivity contribution in [3.05, 3.63) is 28.8 Å². The van der Waals surface area contributed by atoms with Crippen molar-refractivity contribution in [2.24, 2.45) is 0 Å². The standard InChI is InChI=1S/C13H18ClNO2/c1-5-13(2,3)15(4)12(17)10-7-6-9(14)8-11(10)16/h6-8,16H,5H2,1-4H3. The Bertz CT molecular complexity index is 429. The van der Waals surface area contributed by atoms with Crippen LogP contribution in [0.4, 0.5) is 0 Å². The highest BCUT2D eigenvalue weighted by Gasteiger charge is 2.27. The van der Waals surface area contributed by atoms with Gasteiger partial charge in [-0.1, -0.05) is 18.5 Å². The molecule has 0 spiro atoms. The predicted octanol–water partition coefficient (Wildman–Crippen LogP) is 3.31. The van der Waals surface area contributed by atoms with E-state index in [-0.39, 0.29) is 22.8 Å². The summed E-state index contributed by atoms with van der Waals surface area (Å²) >= 11 is 5.73. The Morgan fingerprint density at radius 1 is 1.47 bits per heavy atom. The summed E-state index contributed by atoms with van der Waals surface area (Å²) in [6.07, 6.45) is 0.837. The summed E-state index contributed by atoms with van der Waals surface area (Å²) < 4.78 is 0. The highest BCUT2D eigenvalue weighted by molar-refractivity contribution is 6.30. The van der Waals surface area contributed by atoms with Gasteiger partial charge >= 0.3 is 0 Å². The van der Waals surface area contributed by atoms with E-state index < -0.39 is 0 Å². The fourth-order valence-corrected chi connectivity index (χ4v) is 1.54. The average molecular weight is 256 g/mol. The molecule has 3 nitrogen and oxygen atoms in total. The fraction of sp³-hybridized carbons (Fsp3) is 0.462. The Balaban J connectivity index is 3.05. The molecule has 0 aromatic heterocycles. The van der Waals surface area contributed by atoms with Gasteiger partial charge in [0.25, 0.3) is 5.91 Å². The molecule has 1 amide bonds. The van der Waals surface area contributed by atoms with Crippen LogP contribution >= 0.6 is 11.6 Å². The van der Waals surface area contributed by atoms with E-state index >= 15 is 0 Å². The molecule has 1 rings (SSSR count). The molecule has 0 unspecified atom stereocenters. The third-order valence-corrected chi connectivity index (χ3v) is 3.50.